The van der Waals surface area contributed by atoms with Crippen LogP contribution < -0.4 is 10.1 Å². The fraction of sp³-hybridized carbons (Fsp3) is 0.364. The van der Waals surface area contributed by atoms with Gasteiger partial charge in [0.25, 0.3) is 5.69 Å². The van der Waals surface area contributed by atoms with Crippen molar-refractivity contribution in [1.29, 1.82) is 0 Å². The van der Waals surface area contributed by atoms with Crippen LogP contribution in [0, 0.1) is 10.1 Å². The van der Waals surface area contributed by atoms with Crippen LogP contribution in [0.1, 0.15) is 13.8 Å². The predicted octanol–water partition coefficient (Wildman–Crippen LogP) is 2.65. The average Bonchev–Trinajstić information content (AvgIpc) is 2.30. The summed E-state index contributed by atoms with van der Waals surface area (Å²) in [4.78, 5) is 21.0. The number of hydrogen-bond donors (Lipinski definition) is 1. The van der Waals surface area contributed by atoms with Crippen molar-refractivity contribution in [2.24, 2.45) is 0 Å². The Balaban J connectivity index is 3.28. The largest absolute Gasteiger partial charge is 0.478 e. The Morgan fingerprint density at radius 3 is 2.56 bits per heavy atom. The molecule has 7 heteroatoms. The van der Waals surface area contributed by atoms with Gasteiger partial charge < -0.3 is 10.1 Å². The molecule has 0 aliphatic heterocycles. The number of hydrogen-bond acceptors (Lipinski definition) is 5. The third-order valence-electron chi connectivity index (χ3n) is 2.17. The average molecular weight is 273 g/mol. The lowest BCUT2D eigenvalue weighted by molar-refractivity contribution is -0.384. The van der Waals surface area contributed by atoms with Crippen molar-refractivity contribution in [2.45, 2.75) is 19.4 Å². The second-order valence-corrected chi connectivity index (χ2v) is 4.54. The molecule has 0 aliphatic carbocycles. The van der Waals surface area contributed by atoms with Gasteiger partial charge in [-0.3, -0.25) is 14.9 Å². The fourth-order valence-corrected chi connectivity index (χ4v) is 1.50. The highest BCUT2D eigenvalue weighted by Gasteiger charge is 2.23. The summed E-state index contributed by atoms with van der Waals surface area (Å²) in [5.74, 6) is 0.200. The van der Waals surface area contributed by atoms with Crippen molar-refractivity contribution in [3.05, 3.63) is 27.3 Å². The molecule has 0 atom stereocenters. The van der Waals surface area contributed by atoms with Crippen LogP contribution in [0.5, 0.6) is 5.75 Å². The third kappa shape index (κ3) is 3.10. The van der Waals surface area contributed by atoms with Gasteiger partial charge in [-0.2, -0.15) is 0 Å². The molecule has 0 aliphatic rings. The molecule has 0 fully saturated rings. The molecule has 0 heterocycles. The number of anilines is 1. The second-order valence-electron chi connectivity index (χ2n) is 4.13. The number of nitrogens with zero attached hydrogens (tertiary/aromatic N) is 1. The zero-order valence-corrected chi connectivity index (χ0v) is 10.9. The number of aldehydes is 1. The normalized spacial score (nSPS) is 10.9. The quantitative estimate of drug-likeness (QED) is 0.506. The van der Waals surface area contributed by atoms with Crippen LogP contribution in [-0.4, -0.2) is 23.9 Å². The number of ether oxygens (including phenoxy) is 1. The minimum Gasteiger partial charge on any atom is -0.478 e. The first-order chi connectivity index (χ1) is 8.30. The summed E-state index contributed by atoms with van der Waals surface area (Å²) in [6.45, 7) is 3.11. The number of halogens is 1. The van der Waals surface area contributed by atoms with Crippen LogP contribution in [0.4, 0.5) is 11.4 Å². The van der Waals surface area contributed by atoms with E-state index in [0.29, 0.717) is 12.0 Å². The number of nitrogens with one attached hydrogen (secondary N) is 1. The maximum Gasteiger partial charge on any atom is 0.291 e. The molecule has 0 radical (unpaired) electrons. The Labute approximate surface area is 109 Å². The van der Waals surface area contributed by atoms with Crippen molar-refractivity contribution in [2.75, 3.05) is 12.4 Å². The molecule has 1 N–H and O–H groups in total. The first-order valence-corrected chi connectivity index (χ1v) is 5.49. The van der Waals surface area contributed by atoms with Gasteiger partial charge >= 0.3 is 0 Å². The first kappa shape index (κ1) is 14.2. The smallest absolute Gasteiger partial charge is 0.291 e. The van der Waals surface area contributed by atoms with Gasteiger partial charge in [-0.1, -0.05) is 11.6 Å². The Morgan fingerprint density at radius 1 is 1.50 bits per heavy atom. The first-order valence-electron chi connectivity index (χ1n) is 5.12. The summed E-state index contributed by atoms with van der Waals surface area (Å²) in [7, 11) is 1.62. The molecule has 0 saturated heterocycles. The highest BCUT2D eigenvalue weighted by Crippen LogP contribution is 2.37. The lowest BCUT2D eigenvalue weighted by Gasteiger charge is -2.21. The number of carbonyl (C=O) groups excluding carboxylic acids is 1. The highest BCUT2D eigenvalue weighted by molar-refractivity contribution is 6.33. The van der Waals surface area contributed by atoms with Gasteiger partial charge in [-0.05, 0) is 19.9 Å². The SMILES string of the molecule is CNc1cc(Cl)c([N+](=O)[O-])cc1OC(C)(C)C=O. The summed E-state index contributed by atoms with van der Waals surface area (Å²) >= 11 is 5.77. The van der Waals surface area contributed by atoms with Crippen molar-refractivity contribution >= 4 is 29.3 Å². The Morgan fingerprint density at radius 2 is 2.11 bits per heavy atom. The molecule has 0 bridgehead atoms. The number of nitro groups is 1. The minimum absolute atomic E-state index is 0.000564. The zero-order chi connectivity index (χ0) is 13.9. The summed E-state index contributed by atoms with van der Waals surface area (Å²) < 4.78 is 5.43. The van der Waals surface area contributed by atoms with E-state index in [-0.39, 0.29) is 16.5 Å². The molecule has 1 aromatic carbocycles. The van der Waals surface area contributed by atoms with E-state index in [0.717, 1.165) is 0 Å². The number of rotatable bonds is 5. The minimum atomic E-state index is -1.08. The van der Waals surface area contributed by atoms with E-state index >= 15 is 0 Å². The maximum atomic E-state index is 10.8. The number of carbonyl (C=O) groups is 1. The molecule has 98 valence electrons. The third-order valence-corrected chi connectivity index (χ3v) is 2.47. The monoisotopic (exact) mass is 272 g/mol. The number of benzene rings is 1. The molecule has 1 aromatic rings. The van der Waals surface area contributed by atoms with E-state index in [2.05, 4.69) is 5.32 Å². The highest BCUT2D eigenvalue weighted by atomic mass is 35.5. The molecular formula is C11H13ClN2O4. The van der Waals surface area contributed by atoms with Crippen molar-refractivity contribution < 1.29 is 14.5 Å². The van der Waals surface area contributed by atoms with E-state index in [4.69, 9.17) is 16.3 Å². The van der Waals surface area contributed by atoms with Gasteiger partial charge in [0.1, 0.15) is 5.02 Å². The van der Waals surface area contributed by atoms with Gasteiger partial charge in [-0.15, -0.1) is 0 Å². The van der Waals surface area contributed by atoms with Crippen LogP contribution in [0.25, 0.3) is 0 Å². The van der Waals surface area contributed by atoms with E-state index in [9.17, 15) is 14.9 Å². The summed E-state index contributed by atoms with van der Waals surface area (Å²) in [6.07, 6.45) is 0.618. The van der Waals surface area contributed by atoms with E-state index in [1.807, 2.05) is 0 Å². The molecule has 0 unspecified atom stereocenters. The van der Waals surface area contributed by atoms with Crippen LogP contribution in [0.3, 0.4) is 0 Å². The van der Waals surface area contributed by atoms with Gasteiger partial charge in [-0.25, -0.2) is 0 Å². The fourth-order valence-electron chi connectivity index (χ4n) is 1.27. The molecule has 1 rings (SSSR count). The molecule has 18 heavy (non-hydrogen) atoms. The Bertz CT molecular complexity index is 488. The molecule has 6 nitrogen and oxygen atoms in total. The Kier molecular flexibility index (Phi) is 4.13. The Hall–Kier alpha value is -1.82. The topological polar surface area (TPSA) is 81.5 Å². The molecule has 0 aromatic heterocycles. The van der Waals surface area contributed by atoms with Crippen LogP contribution in [0.15, 0.2) is 12.1 Å². The van der Waals surface area contributed by atoms with Gasteiger partial charge in [0.15, 0.2) is 17.6 Å². The van der Waals surface area contributed by atoms with Crippen LogP contribution in [0.2, 0.25) is 5.02 Å². The predicted molar refractivity (Wildman–Crippen MR) is 68.4 cm³/mol. The lowest BCUT2D eigenvalue weighted by atomic mass is 10.1. The molecular weight excluding hydrogens is 260 g/mol. The van der Waals surface area contributed by atoms with Crippen LogP contribution in [-0.2, 0) is 4.79 Å². The van der Waals surface area contributed by atoms with E-state index < -0.39 is 10.5 Å². The number of nitro benzene ring substituents is 1. The summed E-state index contributed by atoms with van der Waals surface area (Å²) in [5, 5.41) is 13.6. The van der Waals surface area contributed by atoms with Gasteiger partial charge in [0.05, 0.1) is 16.7 Å². The maximum absolute atomic E-state index is 10.8. The van der Waals surface area contributed by atoms with Crippen molar-refractivity contribution in [1.82, 2.24) is 0 Å². The summed E-state index contributed by atoms with van der Waals surface area (Å²) in [6, 6.07) is 2.58. The molecule has 0 spiro atoms. The van der Waals surface area contributed by atoms with E-state index in [1.54, 1.807) is 20.9 Å². The van der Waals surface area contributed by atoms with E-state index in [1.165, 1.54) is 12.1 Å². The molecule has 0 saturated carbocycles. The standard InChI is InChI=1S/C11H13ClN2O4/c1-11(2,6-15)18-10-5-9(14(16)17)7(12)4-8(10)13-3/h4-6,13H,1-3H3. The van der Waals surface area contributed by atoms with Gasteiger partial charge in [0, 0.05) is 7.05 Å². The zero-order valence-electron chi connectivity index (χ0n) is 10.2. The van der Waals surface area contributed by atoms with Gasteiger partial charge in [0.2, 0.25) is 0 Å². The summed E-state index contributed by atoms with van der Waals surface area (Å²) in [5.41, 5.74) is -0.874. The van der Waals surface area contributed by atoms with Crippen molar-refractivity contribution in [3.8, 4) is 5.75 Å². The molecule has 0 amide bonds. The second kappa shape index (κ2) is 5.22. The van der Waals surface area contributed by atoms with Crippen LogP contribution >= 0.6 is 11.6 Å². The lowest BCUT2D eigenvalue weighted by Crippen LogP contribution is -2.30. The van der Waals surface area contributed by atoms with Crippen molar-refractivity contribution in [3.63, 3.8) is 0 Å².